The molecule has 5 nitrogen and oxygen atoms in total. The lowest BCUT2D eigenvalue weighted by Gasteiger charge is -2.31. The van der Waals surface area contributed by atoms with Gasteiger partial charge in [-0.05, 0) is 42.7 Å². The molecule has 0 N–H and O–H groups in total. The predicted octanol–water partition coefficient (Wildman–Crippen LogP) is 5.31. The number of nitriles is 1. The molecule has 5 heteroatoms. The molecule has 3 rings (SSSR count). The molecule has 2 aromatic rings. The molecule has 1 aliphatic heterocycles. The van der Waals surface area contributed by atoms with Crippen LogP contribution in [0.2, 0.25) is 0 Å². The van der Waals surface area contributed by atoms with Crippen molar-refractivity contribution in [1.82, 2.24) is 9.80 Å². The van der Waals surface area contributed by atoms with Gasteiger partial charge in [0.2, 0.25) is 11.8 Å². The summed E-state index contributed by atoms with van der Waals surface area (Å²) in [6.07, 6.45) is 4.25. The van der Waals surface area contributed by atoms with Crippen LogP contribution >= 0.6 is 0 Å². The van der Waals surface area contributed by atoms with Gasteiger partial charge in [-0.25, -0.2) is 0 Å². The number of amides is 2. The first-order chi connectivity index (χ1) is 16.4. The molecule has 34 heavy (non-hydrogen) atoms. The number of hydrogen-bond donors (Lipinski definition) is 0. The van der Waals surface area contributed by atoms with E-state index in [1.165, 1.54) is 0 Å². The third kappa shape index (κ3) is 5.86. The van der Waals surface area contributed by atoms with Gasteiger partial charge in [-0.15, -0.1) is 0 Å². The normalized spacial score (nSPS) is 17.3. The van der Waals surface area contributed by atoms with E-state index in [2.05, 4.69) is 19.9 Å². The Kier molecular flexibility index (Phi) is 8.87. The van der Waals surface area contributed by atoms with Crippen molar-refractivity contribution in [3.8, 4) is 6.07 Å². The lowest BCUT2D eigenvalue weighted by molar-refractivity contribution is -0.143. The zero-order valence-electron chi connectivity index (χ0n) is 20.7. The zero-order valence-corrected chi connectivity index (χ0v) is 20.7. The lowest BCUT2D eigenvalue weighted by Crippen LogP contribution is -2.46. The Balaban J connectivity index is 1.54. The molecule has 2 aromatic carbocycles. The number of rotatable bonds is 10. The summed E-state index contributed by atoms with van der Waals surface area (Å²) in [6.45, 7) is 5.37. The number of likely N-dealkylation sites (N-methyl/N-ethyl adjacent to an activating group) is 1. The van der Waals surface area contributed by atoms with E-state index in [1.54, 1.807) is 9.80 Å². The molecular weight excluding hydrogens is 422 g/mol. The first-order valence-corrected chi connectivity index (χ1v) is 12.4. The van der Waals surface area contributed by atoms with Crippen LogP contribution in [0.3, 0.4) is 0 Å². The predicted molar refractivity (Wildman–Crippen MR) is 135 cm³/mol. The second-order valence-corrected chi connectivity index (χ2v) is 9.74. The third-order valence-corrected chi connectivity index (χ3v) is 7.18. The van der Waals surface area contributed by atoms with Gasteiger partial charge < -0.3 is 9.80 Å². The number of hydrogen-bond acceptors (Lipinski definition) is 3. The summed E-state index contributed by atoms with van der Waals surface area (Å²) >= 11 is 0. The minimum atomic E-state index is -0.545. The number of nitrogens with zero attached hydrogens (tertiary/aromatic N) is 3. The van der Waals surface area contributed by atoms with E-state index in [1.807, 2.05) is 67.7 Å². The van der Waals surface area contributed by atoms with Crippen molar-refractivity contribution in [3.63, 3.8) is 0 Å². The van der Waals surface area contributed by atoms with Crippen LogP contribution in [0.5, 0.6) is 0 Å². The van der Waals surface area contributed by atoms with Crippen LogP contribution in [0.15, 0.2) is 60.7 Å². The Hall–Kier alpha value is -3.13. The van der Waals surface area contributed by atoms with Gasteiger partial charge in [0.25, 0.3) is 0 Å². The van der Waals surface area contributed by atoms with E-state index in [9.17, 15) is 14.9 Å². The van der Waals surface area contributed by atoms with Crippen molar-refractivity contribution in [2.75, 3.05) is 13.6 Å². The summed E-state index contributed by atoms with van der Waals surface area (Å²) in [7, 11) is 1.81. The van der Waals surface area contributed by atoms with Crippen LogP contribution in [0.4, 0.5) is 0 Å². The fraction of sp³-hybridized carbons (Fsp3) is 0.483. The summed E-state index contributed by atoms with van der Waals surface area (Å²) < 4.78 is 0. The van der Waals surface area contributed by atoms with Crippen LogP contribution in [-0.2, 0) is 21.5 Å². The van der Waals surface area contributed by atoms with Gasteiger partial charge in [-0.3, -0.25) is 9.59 Å². The molecule has 1 aliphatic rings. The van der Waals surface area contributed by atoms with Crippen LogP contribution in [-0.4, -0.2) is 41.2 Å². The van der Waals surface area contributed by atoms with Gasteiger partial charge in [-0.1, -0.05) is 80.9 Å². The smallest absolute Gasteiger partial charge is 0.245 e. The number of carbonyl (C=O) groups is 2. The molecule has 1 fully saturated rings. The SMILES string of the molecule is CC(C)C(C#N)(CCCCC(=O)N1CCC[C@@H]1C(=O)N(C)Cc1ccccc1)c1ccccc1. The number of carbonyl (C=O) groups excluding carboxylic acids is 2. The van der Waals surface area contributed by atoms with Crippen molar-refractivity contribution < 1.29 is 9.59 Å². The van der Waals surface area contributed by atoms with E-state index in [0.29, 0.717) is 19.5 Å². The summed E-state index contributed by atoms with van der Waals surface area (Å²) in [5.41, 5.74) is 1.58. The van der Waals surface area contributed by atoms with Gasteiger partial charge >= 0.3 is 0 Å². The van der Waals surface area contributed by atoms with Crippen LogP contribution in [0.25, 0.3) is 0 Å². The fourth-order valence-electron chi connectivity index (χ4n) is 5.09. The van der Waals surface area contributed by atoms with Crippen molar-refractivity contribution in [3.05, 3.63) is 71.8 Å². The average molecular weight is 460 g/mol. The highest BCUT2D eigenvalue weighted by atomic mass is 16.2. The second kappa shape index (κ2) is 11.8. The maximum atomic E-state index is 13.1. The quantitative estimate of drug-likeness (QED) is 0.452. The van der Waals surface area contributed by atoms with Gasteiger partial charge in [0.15, 0.2) is 0 Å². The van der Waals surface area contributed by atoms with Gasteiger partial charge in [0.05, 0.1) is 11.5 Å². The Labute approximate surface area is 204 Å². The number of unbranched alkanes of at least 4 members (excludes halogenated alkanes) is 1. The Morgan fingerprint density at radius 1 is 1.09 bits per heavy atom. The van der Waals surface area contributed by atoms with E-state index < -0.39 is 5.41 Å². The van der Waals surface area contributed by atoms with Crippen molar-refractivity contribution in [2.24, 2.45) is 5.92 Å². The Morgan fingerprint density at radius 3 is 2.35 bits per heavy atom. The molecule has 0 aromatic heterocycles. The van der Waals surface area contributed by atoms with Crippen molar-refractivity contribution >= 4 is 11.8 Å². The molecule has 1 heterocycles. The molecule has 2 amide bonds. The molecule has 1 saturated heterocycles. The van der Waals surface area contributed by atoms with Gasteiger partial charge in [0, 0.05) is 26.6 Å². The average Bonchev–Trinajstić information content (AvgIpc) is 3.35. The van der Waals surface area contributed by atoms with Crippen LogP contribution < -0.4 is 0 Å². The zero-order chi connectivity index (χ0) is 24.6. The minimum Gasteiger partial charge on any atom is -0.340 e. The summed E-state index contributed by atoms with van der Waals surface area (Å²) in [6, 6.07) is 22.1. The Morgan fingerprint density at radius 2 is 1.74 bits per heavy atom. The molecule has 180 valence electrons. The van der Waals surface area contributed by atoms with Gasteiger partial charge in [0.1, 0.15) is 6.04 Å². The van der Waals surface area contributed by atoms with Crippen molar-refractivity contribution in [2.45, 2.75) is 70.4 Å². The fourth-order valence-corrected chi connectivity index (χ4v) is 5.09. The first-order valence-electron chi connectivity index (χ1n) is 12.4. The van der Waals surface area contributed by atoms with E-state index >= 15 is 0 Å². The van der Waals surface area contributed by atoms with Gasteiger partial charge in [-0.2, -0.15) is 5.26 Å². The molecule has 0 saturated carbocycles. The highest BCUT2D eigenvalue weighted by molar-refractivity contribution is 5.88. The summed E-state index contributed by atoms with van der Waals surface area (Å²) in [5.74, 6) is 0.245. The van der Waals surface area contributed by atoms with E-state index in [-0.39, 0.29) is 23.8 Å². The standard InChI is InChI=1S/C29H37N3O2/c1-23(2)29(22-30,25-15-8-5-9-16-25)19-11-10-18-27(33)32-20-12-17-26(32)28(34)31(3)21-24-13-6-4-7-14-24/h4-9,13-16,23,26H,10-12,17-21H2,1-3H3/t26-,29?/m1/s1. The minimum absolute atomic E-state index is 0.0158. The second-order valence-electron chi connectivity index (χ2n) is 9.74. The maximum Gasteiger partial charge on any atom is 0.245 e. The molecule has 0 spiro atoms. The number of benzene rings is 2. The molecule has 0 aliphatic carbocycles. The largest absolute Gasteiger partial charge is 0.340 e. The lowest BCUT2D eigenvalue weighted by atomic mass is 9.69. The third-order valence-electron chi connectivity index (χ3n) is 7.18. The molecule has 0 bridgehead atoms. The maximum absolute atomic E-state index is 13.1. The molecular formula is C29H37N3O2. The number of likely N-dealkylation sites (tertiary alicyclic amines) is 1. The van der Waals surface area contributed by atoms with Crippen molar-refractivity contribution in [1.29, 1.82) is 5.26 Å². The first kappa shape index (κ1) is 25.5. The van der Waals surface area contributed by atoms with Crippen LogP contribution in [0.1, 0.15) is 63.5 Å². The van der Waals surface area contributed by atoms with E-state index in [0.717, 1.165) is 43.2 Å². The highest BCUT2D eigenvalue weighted by Gasteiger charge is 2.37. The molecule has 1 unspecified atom stereocenters. The molecule has 2 atom stereocenters. The topological polar surface area (TPSA) is 64.4 Å². The summed E-state index contributed by atoms with van der Waals surface area (Å²) in [4.78, 5) is 29.6. The monoisotopic (exact) mass is 459 g/mol. The highest BCUT2D eigenvalue weighted by Crippen LogP contribution is 2.37. The van der Waals surface area contributed by atoms with Crippen LogP contribution in [0, 0.1) is 17.2 Å². The molecule has 0 radical (unpaired) electrons. The summed E-state index contributed by atoms with van der Waals surface area (Å²) in [5, 5.41) is 10.1. The van der Waals surface area contributed by atoms with E-state index in [4.69, 9.17) is 0 Å². The Bertz CT molecular complexity index is 983.